The van der Waals surface area contributed by atoms with Crippen molar-refractivity contribution in [2.24, 2.45) is 11.3 Å². The largest absolute Gasteiger partial charge is 0.391 e. The van der Waals surface area contributed by atoms with Crippen molar-refractivity contribution in [2.45, 2.75) is 51.4 Å². The van der Waals surface area contributed by atoms with E-state index in [1.807, 2.05) is 12.1 Å². The van der Waals surface area contributed by atoms with Crippen LogP contribution in [-0.4, -0.2) is 56.6 Å². The van der Waals surface area contributed by atoms with Gasteiger partial charge in [-0.1, -0.05) is 26.0 Å². The normalized spacial score (nSPS) is 31.7. The van der Waals surface area contributed by atoms with Gasteiger partial charge in [0.25, 0.3) is 0 Å². The van der Waals surface area contributed by atoms with Crippen LogP contribution in [0.15, 0.2) is 36.9 Å². The van der Waals surface area contributed by atoms with Crippen LogP contribution in [0.5, 0.6) is 0 Å². The van der Waals surface area contributed by atoms with Crippen LogP contribution in [0.4, 0.5) is 0 Å². The predicted molar refractivity (Wildman–Crippen MR) is 101 cm³/mol. The molecule has 1 saturated carbocycles. The molecule has 2 heterocycles. The van der Waals surface area contributed by atoms with Crippen LogP contribution in [-0.2, 0) is 6.54 Å². The van der Waals surface area contributed by atoms with E-state index in [1.54, 1.807) is 11.0 Å². The van der Waals surface area contributed by atoms with Crippen LogP contribution < -0.4 is 5.32 Å². The molecule has 2 aromatic rings. The Morgan fingerprint density at radius 1 is 1.27 bits per heavy atom. The molecule has 26 heavy (non-hydrogen) atoms. The summed E-state index contributed by atoms with van der Waals surface area (Å²) in [4.78, 5) is 6.42. The summed E-state index contributed by atoms with van der Waals surface area (Å²) in [6.45, 7) is 6.48. The van der Waals surface area contributed by atoms with Crippen LogP contribution in [0.2, 0.25) is 0 Å². The van der Waals surface area contributed by atoms with Crippen molar-refractivity contribution < 1.29 is 5.11 Å². The summed E-state index contributed by atoms with van der Waals surface area (Å²) in [6, 6.07) is 9.08. The molecule has 0 amide bonds. The van der Waals surface area contributed by atoms with E-state index in [-0.39, 0.29) is 17.6 Å². The molecule has 2 N–H and O–H groups in total. The second-order valence-electron chi connectivity index (χ2n) is 8.44. The van der Waals surface area contributed by atoms with E-state index in [1.165, 1.54) is 11.9 Å². The Hall–Kier alpha value is -1.76. The van der Waals surface area contributed by atoms with E-state index >= 15 is 0 Å². The van der Waals surface area contributed by atoms with E-state index in [4.69, 9.17) is 0 Å². The Kier molecular flexibility index (Phi) is 4.59. The Labute approximate surface area is 155 Å². The van der Waals surface area contributed by atoms with E-state index in [0.717, 1.165) is 31.6 Å². The first-order valence-corrected chi connectivity index (χ1v) is 9.54. The first-order chi connectivity index (χ1) is 12.5. The summed E-state index contributed by atoms with van der Waals surface area (Å²) in [5.41, 5.74) is 2.51. The first kappa shape index (κ1) is 17.6. The molecule has 2 fully saturated rings. The average Bonchev–Trinajstić information content (AvgIpc) is 3.22. The molecular formula is C20H29N5O. The van der Waals surface area contributed by atoms with Crippen molar-refractivity contribution in [3.05, 3.63) is 42.5 Å². The standard InChI is InChI=1S/C20H29N5O/c1-14(2)19-20(11-24(19)3)8-17(18(26)9-20)22-10-15-4-6-16(7-5-15)25-13-21-12-23-25/h4-7,12-14,17-19,22,26H,8-11H2,1-3H3/t17-,18-,19?,20?/m1/s1. The lowest BCUT2D eigenvalue weighted by molar-refractivity contribution is -0.0828. The highest BCUT2D eigenvalue weighted by Crippen LogP contribution is 2.52. The van der Waals surface area contributed by atoms with Crippen LogP contribution in [0.3, 0.4) is 0 Å². The fourth-order valence-corrected chi connectivity index (χ4v) is 5.41. The lowest BCUT2D eigenvalue weighted by atomic mass is 9.66. The lowest BCUT2D eigenvalue weighted by Gasteiger charge is -2.57. The fourth-order valence-electron chi connectivity index (χ4n) is 5.41. The van der Waals surface area contributed by atoms with Crippen molar-refractivity contribution in [2.75, 3.05) is 13.6 Å². The molecule has 6 heteroatoms. The zero-order valence-electron chi connectivity index (χ0n) is 15.8. The molecule has 2 aliphatic rings. The number of aromatic nitrogens is 3. The van der Waals surface area contributed by atoms with Gasteiger partial charge >= 0.3 is 0 Å². The lowest BCUT2D eigenvalue weighted by Crippen LogP contribution is -2.64. The third kappa shape index (κ3) is 3.06. The summed E-state index contributed by atoms with van der Waals surface area (Å²) in [5.74, 6) is 0.629. The van der Waals surface area contributed by atoms with Gasteiger partial charge in [-0.3, -0.25) is 0 Å². The molecule has 4 atom stereocenters. The zero-order chi connectivity index (χ0) is 18.3. The summed E-state index contributed by atoms with van der Waals surface area (Å²) in [7, 11) is 2.21. The van der Waals surface area contributed by atoms with Crippen LogP contribution >= 0.6 is 0 Å². The second kappa shape index (κ2) is 6.76. The van der Waals surface area contributed by atoms with E-state index < -0.39 is 0 Å². The smallest absolute Gasteiger partial charge is 0.138 e. The average molecular weight is 355 g/mol. The number of aliphatic hydroxyl groups is 1. The Morgan fingerprint density at radius 3 is 2.65 bits per heavy atom. The van der Waals surface area contributed by atoms with Gasteiger partial charge in [0.05, 0.1) is 11.8 Å². The Bertz CT molecular complexity index is 724. The molecule has 1 aliphatic heterocycles. The molecule has 0 radical (unpaired) electrons. The molecule has 1 spiro atoms. The van der Waals surface area contributed by atoms with Crippen LogP contribution in [0, 0.1) is 11.3 Å². The third-order valence-electron chi connectivity index (χ3n) is 6.19. The molecule has 1 saturated heterocycles. The highest BCUT2D eigenvalue weighted by molar-refractivity contribution is 5.33. The van der Waals surface area contributed by atoms with Crippen molar-refractivity contribution in [3.63, 3.8) is 0 Å². The molecule has 1 aromatic heterocycles. The summed E-state index contributed by atoms with van der Waals surface area (Å²) >= 11 is 0. The summed E-state index contributed by atoms with van der Waals surface area (Å²) in [6.07, 6.45) is 4.97. The highest BCUT2D eigenvalue weighted by Gasteiger charge is 2.57. The van der Waals surface area contributed by atoms with Gasteiger partial charge in [0.15, 0.2) is 0 Å². The molecule has 140 valence electrons. The molecule has 4 rings (SSSR count). The van der Waals surface area contributed by atoms with Gasteiger partial charge in [0.1, 0.15) is 12.7 Å². The predicted octanol–water partition coefficient (Wildman–Crippen LogP) is 1.84. The van der Waals surface area contributed by atoms with E-state index in [0.29, 0.717) is 12.0 Å². The molecule has 1 aliphatic carbocycles. The van der Waals surface area contributed by atoms with E-state index in [9.17, 15) is 5.11 Å². The third-order valence-corrected chi connectivity index (χ3v) is 6.19. The minimum atomic E-state index is -0.251. The maximum Gasteiger partial charge on any atom is 0.138 e. The van der Waals surface area contributed by atoms with Gasteiger partial charge in [-0.05, 0) is 43.5 Å². The van der Waals surface area contributed by atoms with Crippen LogP contribution in [0.25, 0.3) is 5.69 Å². The minimum Gasteiger partial charge on any atom is -0.391 e. The molecule has 0 bridgehead atoms. The van der Waals surface area contributed by atoms with Gasteiger partial charge in [-0.15, -0.1) is 0 Å². The van der Waals surface area contributed by atoms with Gasteiger partial charge < -0.3 is 15.3 Å². The number of likely N-dealkylation sites (tertiary alicyclic amines) is 1. The Balaban J connectivity index is 1.36. The molecule has 1 aromatic carbocycles. The molecule has 2 unspecified atom stereocenters. The zero-order valence-corrected chi connectivity index (χ0v) is 15.8. The molecular weight excluding hydrogens is 326 g/mol. The number of nitrogens with one attached hydrogen (secondary N) is 1. The second-order valence-corrected chi connectivity index (χ2v) is 8.44. The highest BCUT2D eigenvalue weighted by atomic mass is 16.3. The maximum absolute atomic E-state index is 10.6. The van der Waals surface area contributed by atoms with Crippen LogP contribution in [0.1, 0.15) is 32.3 Å². The quantitative estimate of drug-likeness (QED) is 0.857. The minimum absolute atomic E-state index is 0.181. The number of aliphatic hydroxyl groups excluding tert-OH is 1. The summed E-state index contributed by atoms with van der Waals surface area (Å²) in [5, 5.41) is 18.4. The monoisotopic (exact) mass is 355 g/mol. The maximum atomic E-state index is 10.6. The van der Waals surface area contributed by atoms with Gasteiger partial charge in [0, 0.05) is 30.6 Å². The van der Waals surface area contributed by atoms with Gasteiger partial charge in [-0.25, -0.2) is 9.67 Å². The number of hydrogen-bond donors (Lipinski definition) is 2. The Morgan fingerprint density at radius 2 is 2.04 bits per heavy atom. The number of nitrogens with zero attached hydrogens (tertiary/aromatic N) is 4. The number of benzene rings is 1. The number of rotatable bonds is 5. The SMILES string of the molecule is CC(C)C1N(C)CC12C[C@@H](O)[C@H](NCc1ccc(-n3cncn3)cc1)C2. The van der Waals surface area contributed by atoms with Crippen molar-refractivity contribution >= 4 is 0 Å². The molecule has 6 nitrogen and oxygen atoms in total. The van der Waals surface area contributed by atoms with Gasteiger partial charge in [-0.2, -0.15) is 5.10 Å². The van der Waals surface area contributed by atoms with Crippen molar-refractivity contribution in [1.82, 2.24) is 25.0 Å². The fraction of sp³-hybridized carbons (Fsp3) is 0.600. The first-order valence-electron chi connectivity index (χ1n) is 9.54. The van der Waals surface area contributed by atoms with Crippen molar-refractivity contribution in [3.8, 4) is 5.69 Å². The summed E-state index contributed by atoms with van der Waals surface area (Å²) < 4.78 is 1.75. The topological polar surface area (TPSA) is 66.2 Å². The van der Waals surface area contributed by atoms with Crippen molar-refractivity contribution in [1.29, 1.82) is 0 Å². The number of hydrogen-bond acceptors (Lipinski definition) is 5. The van der Waals surface area contributed by atoms with E-state index in [2.05, 4.69) is 53.3 Å². The van der Waals surface area contributed by atoms with Gasteiger partial charge in [0.2, 0.25) is 0 Å².